The molecule has 2 N–H and O–H groups in total. The number of nitrogens with one attached hydrogen (secondary N) is 1. The molecule has 0 amide bonds. The van der Waals surface area contributed by atoms with Gasteiger partial charge in [0.1, 0.15) is 23.1 Å². The van der Waals surface area contributed by atoms with Crippen LogP contribution in [0.25, 0.3) is 11.0 Å². The molecule has 0 aliphatic carbocycles. The van der Waals surface area contributed by atoms with E-state index in [1.165, 1.54) is 18.3 Å². The standard InChI is InChI=1S/C17H13F2N3O3/c18-11-3-1-9(12(19)8-11)2-4-13-21-16-15(17(25)22-13)10(5-6-20-16)7-14(23)24/h1,3,5-6,8H,2,4,7H2,(H,23,24)(H,20,21,22,25). The Bertz CT molecular complexity index is 1020. The summed E-state index contributed by atoms with van der Waals surface area (Å²) in [6, 6.07) is 4.76. The van der Waals surface area contributed by atoms with Crippen LogP contribution >= 0.6 is 0 Å². The second-order valence-corrected chi connectivity index (χ2v) is 5.49. The molecule has 0 radical (unpaired) electrons. The van der Waals surface area contributed by atoms with E-state index in [0.29, 0.717) is 17.0 Å². The first kappa shape index (κ1) is 16.7. The second-order valence-electron chi connectivity index (χ2n) is 5.49. The van der Waals surface area contributed by atoms with Crippen LogP contribution in [0.3, 0.4) is 0 Å². The fraction of sp³-hybridized carbons (Fsp3) is 0.176. The lowest BCUT2D eigenvalue weighted by molar-refractivity contribution is -0.136. The van der Waals surface area contributed by atoms with Crippen molar-refractivity contribution in [3.63, 3.8) is 0 Å². The number of halogens is 2. The molecule has 2 heterocycles. The first-order valence-electron chi connectivity index (χ1n) is 7.46. The van der Waals surface area contributed by atoms with Gasteiger partial charge >= 0.3 is 5.97 Å². The van der Waals surface area contributed by atoms with Crippen LogP contribution in [0.5, 0.6) is 0 Å². The number of carbonyl (C=O) groups is 1. The van der Waals surface area contributed by atoms with Crippen LogP contribution in [-0.4, -0.2) is 26.0 Å². The normalized spacial score (nSPS) is 11.0. The molecule has 3 rings (SSSR count). The molecule has 0 atom stereocenters. The van der Waals surface area contributed by atoms with Crippen LogP contribution in [0.2, 0.25) is 0 Å². The minimum absolute atomic E-state index is 0.126. The number of aryl methyl sites for hydroxylation is 2. The molecule has 0 spiro atoms. The summed E-state index contributed by atoms with van der Waals surface area (Å²) in [5, 5.41) is 9.04. The number of nitrogens with zero attached hydrogens (tertiary/aromatic N) is 2. The van der Waals surface area contributed by atoms with Gasteiger partial charge in [0, 0.05) is 18.7 Å². The Labute approximate surface area is 140 Å². The average molecular weight is 345 g/mol. The highest BCUT2D eigenvalue weighted by Crippen LogP contribution is 2.14. The average Bonchev–Trinajstić information content (AvgIpc) is 2.53. The Balaban J connectivity index is 1.91. The Morgan fingerprint density at radius 3 is 2.68 bits per heavy atom. The summed E-state index contributed by atoms with van der Waals surface area (Å²) in [6.45, 7) is 0. The summed E-state index contributed by atoms with van der Waals surface area (Å²) in [5.74, 6) is -2.09. The molecule has 0 aliphatic rings. The summed E-state index contributed by atoms with van der Waals surface area (Å²) in [5.41, 5.74) is 0.264. The van der Waals surface area contributed by atoms with Gasteiger partial charge in [-0.25, -0.2) is 13.8 Å². The van der Waals surface area contributed by atoms with Crippen LogP contribution in [0.4, 0.5) is 8.78 Å². The zero-order chi connectivity index (χ0) is 18.0. The lowest BCUT2D eigenvalue weighted by Gasteiger charge is -2.06. The number of hydrogen-bond donors (Lipinski definition) is 2. The number of fused-ring (bicyclic) bond motifs is 1. The van der Waals surface area contributed by atoms with Crippen LogP contribution in [0, 0.1) is 11.6 Å². The molecule has 0 aliphatic heterocycles. The number of aromatic nitrogens is 3. The summed E-state index contributed by atoms with van der Waals surface area (Å²) >= 11 is 0. The Hall–Kier alpha value is -3.16. The van der Waals surface area contributed by atoms with Gasteiger partial charge in [0.05, 0.1) is 11.8 Å². The smallest absolute Gasteiger partial charge is 0.307 e. The van der Waals surface area contributed by atoms with Crippen LogP contribution in [0.1, 0.15) is 17.0 Å². The van der Waals surface area contributed by atoms with Gasteiger partial charge in [-0.1, -0.05) is 6.07 Å². The van der Waals surface area contributed by atoms with Gasteiger partial charge in [-0.05, 0) is 29.7 Å². The van der Waals surface area contributed by atoms with Crippen LogP contribution in [-0.2, 0) is 24.1 Å². The van der Waals surface area contributed by atoms with Gasteiger partial charge in [-0.3, -0.25) is 9.59 Å². The lowest BCUT2D eigenvalue weighted by Crippen LogP contribution is -2.16. The van der Waals surface area contributed by atoms with Crippen molar-refractivity contribution in [2.45, 2.75) is 19.3 Å². The second kappa shape index (κ2) is 6.76. The summed E-state index contributed by atoms with van der Waals surface area (Å²) in [7, 11) is 0. The van der Waals surface area contributed by atoms with Gasteiger partial charge < -0.3 is 10.1 Å². The third-order valence-electron chi connectivity index (χ3n) is 3.74. The number of aromatic amines is 1. The molecule has 128 valence electrons. The lowest BCUT2D eigenvalue weighted by atomic mass is 10.1. The van der Waals surface area contributed by atoms with E-state index in [4.69, 9.17) is 5.11 Å². The molecule has 0 saturated heterocycles. The number of rotatable bonds is 5. The highest BCUT2D eigenvalue weighted by atomic mass is 19.1. The van der Waals surface area contributed by atoms with Gasteiger partial charge in [0.15, 0.2) is 0 Å². The van der Waals surface area contributed by atoms with E-state index in [1.807, 2.05) is 0 Å². The molecule has 8 heteroatoms. The number of carboxylic acid groups (broad SMARTS) is 1. The van der Waals surface area contributed by atoms with E-state index in [0.717, 1.165) is 12.1 Å². The fourth-order valence-electron chi connectivity index (χ4n) is 2.58. The van der Waals surface area contributed by atoms with Crippen molar-refractivity contribution >= 4 is 17.0 Å². The Morgan fingerprint density at radius 1 is 1.16 bits per heavy atom. The number of pyridine rings is 1. The molecular weight excluding hydrogens is 332 g/mol. The van der Waals surface area contributed by atoms with Crippen molar-refractivity contribution in [1.29, 1.82) is 0 Å². The van der Waals surface area contributed by atoms with Crippen LogP contribution < -0.4 is 5.56 Å². The van der Waals surface area contributed by atoms with E-state index < -0.39 is 23.2 Å². The van der Waals surface area contributed by atoms with Gasteiger partial charge in [-0.15, -0.1) is 0 Å². The maximum Gasteiger partial charge on any atom is 0.307 e. The maximum atomic E-state index is 13.7. The summed E-state index contributed by atoms with van der Waals surface area (Å²) in [4.78, 5) is 33.9. The highest BCUT2D eigenvalue weighted by molar-refractivity contribution is 5.82. The number of aliphatic carboxylic acids is 1. The van der Waals surface area contributed by atoms with Crippen molar-refractivity contribution in [3.05, 3.63) is 69.4 Å². The third-order valence-corrected chi connectivity index (χ3v) is 3.74. The predicted octanol–water partition coefficient (Wildman–Crippen LogP) is 2.01. The fourth-order valence-corrected chi connectivity index (χ4v) is 2.58. The van der Waals surface area contributed by atoms with Crippen molar-refractivity contribution < 1.29 is 18.7 Å². The summed E-state index contributed by atoms with van der Waals surface area (Å²) in [6.07, 6.45) is 1.53. The largest absolute Gasteiger partial charge is 0.481 e. The Kier molecular flexibility index (Phi) is 4.51. The minimum atomic E-state index is -1.07. The molecule has 3 aromatic rings. The molecule has 0 saturated carbocycles. The first-order valence-corrected chi connectivity index (χ1v) is 7.46. The van der Waals surface area contributed by atoms with Gasteiger partial charge in [0.2, 0.25) is 0 Å². The van der Waals surface area contributed by atoms with E-state index in [9.17, 15) is 18.4 Å². The van der Waals surface area contributed by atoms with Crippen molar-refractivity contribution in [1.82, 2.24) is 15.0 Å². The van der Waals surface area contributed by atoms with E-state index in [-0.39, 0.29) is 30.3 Å². The number of H-pyrrole nitrogens is 1. The molecule has 25 heavy (non-hydrogen) atoms. The molecule has 1 aromatic carbocycles. The topological polar surface area (TPSA) is 95.9 Å². The molecule has 0 bridgehead atoms. The molecular formula is C17H13F2N3O3. The van der Waals surface area contributed by atoms with Crippen LogP contribution in [0.15, 0.2) is 35.3 Å². The minimum Gasteiger partial charge on any atom is -0.481 e. The number of benzene rings is 1. The van der Waals surface area contributed by atoms with E-state index in [1.54, 1.807) is 0 Å². The zero-order valence-electron chi connectivity index (χ0n) is 12.9. The van der Waals surface area contributed by atoms with Crippen molar-refractivity contribution in [2.75, 3.05) is 0 Å². The molecule has 6 nitrogen and oxygen atoms in total. The number of carboxylic acids is 1. The van der Waals surface area contributed by atoms with Crippen molar-refractivity contribution in [3.8, 4) is 0 Å². The SMILES string of the molecule is O=C(O)Cc1ccnc2[nH]c(CCc3ccc(F)cc3F)nc(=O)c12. The summed E-state index contributed by atoms with van der Waals surface area (Å²) < 4.78 is 26.6. The molecule has 0 fully saturated rings. The maximum absolute atomic E-state index is 13.7. The first-order chi connectivity index (χ1) is 11.9. The number of hydrogen-bond acceptors (Lipinski definition) is 4. The monoisotopic (exact) mass is 345 g/mol. The quantitative estimate of drug-likeness (QED) is 0.737. The predicted molar refractivity (Wildman–Crippen MR) is 85.3 cm³/mol. The Morgan fingerprint density at radius 2 is 1.96 bits per heavy atom. The zero-order valence-corrected chi connectivity index (χ0v) is 12.9. The van der Waals surface area contributed by atoms with Crippen molar-refractivity contribution in [2.24, 2.45) is 0 Å². The van der Waals surface area contributed by atoms with Gasteiger partial charge in [-0.2, -0.15) is 4.98 Å². The third kappa shape index (κ3) is 3.68. The molecule has 2 aromatic heterocycles. The van der Waals surface area contributed by atoms with Gasteiger partial charge in [0.25, 0.3) is 5.56 Å². The van der Waals surface area contributed by atoms with E-state index in [2.05, 4.69) is 15.0 Å². The highest BCUT2D eigenvalue weighted by Gasteiger charge is 2.13. The van der Waals surface area contributed by atoms with E-state index >= 15 is 0 Å². The molecule has 0 unspecified atom stereocenters.